The van der Waals surface area contributed by atoms with Gasteiger partial charge in [-0.3, -0.25) is 14.5 Å². The summed E-state index contributed by atoms with van der Waals surface area (Å²) in [5.74, 6) is 1.27. The summed E-state index contributed by atoms with van der Waals surface area (Å²) in [7, 11) is 1.41. The third kappa shape index (κ3) is 4.29. The first-order chi connectivity index (χ1) is 10.1. The Morgan fingerprint density at radius 1 is 1.38 bits per heavy atom. The number of nitrogens with zero attached hydrogens (tertiary/aromatic N) is 3. The van der Waals surface area contributed by atoms with Crippen LogP contribution < -0.4 is 10.5 Å². The number of hydrogen-bond donors (Lipinski definition) is 1. The lowest BCUT2D eigenvalue weighted by Crippen LogP contribution is -2.47. The van der Waals surface area contributed by atoms with Crippen LogP contribution in [0.15, 0.2) is 10.9 Å². The molecule has 0 bridgehead atoms. The van der Waals surface area contributed by atoms with E-state index < -0.39 is 0 Å². The molecule has 0 unspecified atom stereocenters. The van der Waals surface area contributed by atoms with Crippen LogP contribution in [0.4, 0.5) is 5.82 Å². The Labute approximate surface area is 123 Å². The van der Waals surface area contributed by atoms with Crippen molar-refractivity contribution < 1.29 is 9.53 Å². The highest BCUT2D eigenvalue weighted by atomic mass is 16.5. The van der Waals surface area contributed by atoms with E-state index in [1.165, 1.54) is 7.11 Å². The largest absolute Gasteiger partial charge is 0.469 e. The van der Waals surface area contributed by atoms with Crippen LogP contribution in [0.25, 0.3) is 0 Å². The van der Waals surface area contributed by atoms with Crippen molar-refractivity contribution >= 4 is 11.8 Å². The minimum absolute atomic E-state index is 0.107. The molecule has 1 fully saturated rings. The number of hydrogen-bond acceptors (Lipinski definition) is 6. The van der Waals surface area contributed by atoms with Gasteiger partial charge in [0.05, 0.1) is 13.5 Å². The van der Waals surface area contributed by atoms with E-state index in [9.17, 15) is 9.59 Å². The zero-order chi connectivity index (χ0) is 15.2. The van der Waals surface area contributed by atoms with Gasteiger partial charge in [-0.05, 0) is 0 Å². The Bertz CT molecular complexity index is 535. The van der Waals surface area contributed by atoms with Crippen molar-refractivity contribution in [3.05, 3.63) is 22.2 Å². The van der Waals surface area contributed by atoms with Crippen molar-refractivity contribution in [3.63, 3.8) is 0 Å². The molecule has 0 saturated carbocycles. The van der Waals surface area contributed by atoms with Crippen molar-refractivity contribution in [1.29, 1.82) is 0 Å². The predicted molar refractivity (Wildman–Crippen MR) is 79.5 cm³/mol. The van der Waals surface area contributed by atoms with Gasteiger partial charge in [0.2, 0.25) is 0 Å². The summed E-state index contributed by atoms with van der Waals surface area (Å²) < 4.78 is 4.65. The number of methoxy groups -OCH3 is 1. The number of carbonyl (C=O) groups is 1. The molecule has 21 heavy (non-hydrogen) atoms. The fourth-order valence-corrected chi connectivity index (χ4v) is 2.38. The van der Waals surface area contributed by atoms with Crippen LogP contribution in [0.1, 0.15) is 19.2 Å². The Hall–Kier alpha value is -1.89. The van der Waals surface area contributed by atoms with E-state index >= 15 is 0 Å². The second-order valence-electron chi connectivity index (χ2n) is 5.06. The van der Waals surface area contributed by atoms with E-state index in [2.05, 4.69) is 24.5 Å². The Morgan fingerprint density at radius 2 is 2.10 bits per heavy atom. The topological polar surface area (TPSA) is 78.5 Å². The van der Waals surface area contributed by atoms with E-state index in [0.717, 1.165) is 32.0 Å². The molecule has 2 heterocycles. The first-order valence-corrected chi connectivity index (χ1v) is 7.26. The van der Waals surface area contributed by atoms with Crippen molar-refractivity contribution in [3.8, 4) is 0 Å². The van der Waals surface area contributed by atoms with E-state index in [4.69, 9.17) is 0 Å². The minimum Gasteiger partial charge on any atom is -0.469 e. The first kappa shape index (κ1) is 15.5. The lowest BCUT2D eigenvalue weighted by molar-refractivity contribution is -0.141. The summed E-state index contributed by atoms with van der Waals surface area (Å²) in [5.41, 5.74) is -0.107. The monoisotopic (exact) mass is 294 g/mol. The van der Waals surface area contributed by atoms with Gasteiger partial charge in [0.1, 0.15) is 11.6 Å². The summed E-state index contributed by atoms with van der Waals surface area (Å²) in [6, 6.07) is 1.54. The molecule has 2 rings (SSSR count). The number of carbonyl (C=O) groups excluding carboxylic acids is 1. The number of aryl methyl sites for hydroxylation is 1. The quantitative estimate of drug-likeness (QED) is 0.771. The molecule has 0 atom stereocenters. The molecule has 1 aromatic heterocycles. The van der Waals surface area contributed by atoms with E-state index in [0.29, 0.717) is 25.2 Å². The molecule has 1 N–H and O–H groups in total. The van der Waals surface area contributed by atoms with Crippen molar-refractivity contribution in [2.24, 2.45) is 0 Å². The van der Waals surface area contributed by atoms with Gasteiger partial charge in [-0.1, -0.05) is 6.92 Å². The second kappa shape index (κ2) is 7.21. The predicted octanol–water partition coefficient (Wildman–Crippen LogP) is 0.0174. The number of H-pyrrole nitrogens is 1. The van der Waals surface area contributed by atoms with Crippen LogP contribution in [0, 0.1) is 0 Å². The number of esters is 1. The molecular formula is C14H22N4O3. The molecule has 0 spiro atoms. The highest BCUT2D eigenvalue weighted by molar-refractivity contribution is 5.69. The summed E-state index contributed by atoms with van der Waals surface area (Å²) in [6.45, 7) is 6.00. The first-order valence-electron chi connectivity index (χ1n) is 7.26. The molecule has 0 radical (unpaired) electrons. The van der Waals surface area contributed by atoms with Crippen LogP contribution >= 0.6 is 0 Å². The van der Waals surface area contributed by atoms with Crippen molar-refractivity contribution in [2.75, 3.05) is 44.7 Å². The third-order valence-corrected chi connectivity index (χ3v) is 3.67. The normalized spacial score (nSPS) is 16.0. The Kier molecular flexibility index (Phi) is 5.32. The van der Waals surface area contributed by atoms with Crippen LogP contribution in [0.2, 0.25) is 0 Å². The molecule has 1 aliphatic rings. The maximum atomic E-state index is 11.6. The van der Waals surface area contributed by atoms with E-state index in [1.54, 1.807) is 6.07 Å². The minimum atomic E-state index is -0.179. The van der Waals surface area contributed by atoms with Gasteiger partial charge in [0.15, 0.2) is 0 Å². The average molecular weight is 294 g/mol. The molecule has 0 aliphatic carbocycles. The van der Waals surface area contributed by atoms with E-state index in [-0.39, 0.29) is 11.5 Å². The Balaban J connectivity index is 1.90. The highest BCUT2D eigenvalue weighted by Crippen LogP contribution is 2.12. The Morgan fingerprint density at radius 3 is 2.71 bits per heavy atom. The van der Waals surface area contributed by atoms with Gasteiger partial charge in [-0.15, -0.1) is 0 Å². The second-order valence-corrected chi connectivity index (χ2v) is 5.06. The molecule has 0 aromatic carbocycles. The number of piperazine rings is 1. The fourth-order valence-electron chi connectivity index (χ4n) is 2.38. The van der Waals surface area contributed by atoms with Gasteiger partial charge in [-0.25, -0.2) is 4.98 Å². The van der Waals surface area contributed by atoms with Crippen LogP contribution in [-0.2, 0) is 16.0 Å². The van der Waals surface area contributed by atoms with Gasteiger partial charge in [-0.2, -0.15) is 0 Å². The third-order valence-electron chi connectivity index (χ3n) is 3.67. The molecule has 7 nitrogen and oxygen atoms in total. The number of aromatic nitrogens is 2. The van der Waals surface area contributed by atoms with Crippen LogP contribution in [-0.4, -0.2) is 60.7 Å². The summed E-state index contributed by atoms with van der Waals surface area (Å²) in [6.07, 6.45) is 1.13. The summed E-state index contributed by atoms with van der Waals surface area (Å²) in [5, 5.41) is 0. The summed E-state index contributed by atoms with van der Waals surface area (Å²) in [4.78, 5) is 34.3. The number of aromatic amines is 1. The average Bonchev–Trinajstić information content (AvgIpc) is 2.52. The van der Waals surface area contributed by atoms with Crippen molar-refractivity contribution in [2.45, 2.75) is 19.8 Å². The molecule has 1 aromatic rings. The van der Waals surface area contributed by atoms with Gasteiger partial charge >= 0.3 is 5.97 Å². The number of rotatable bonds is 5. The van der Waals surface area contributed by atoms with E-state index in [1.807, 2.05) is 6.92 Å². The van der Waals surface area contributed by atoms with Crippen LogP contribution in [0.5, 0.6) is 0 Å². The van der Waals surface area contributed by atoms with Gasteiger partial charge in [0.25, 0.3) is 5.56 Å². The lowest BCUT2D eigenvalue weighted by Gasteiger charge is -2.35. The lowest BCUT2D eigenvalue weighted by atomic mass is 10.3. The highest BCUT2D eigenvalue weighted by Gasteiger charge is 2.19. The molecular weight excluding hydrogens is 272 g/mol. The molecule has 116 valence electrons. The maximum Gasteiger partial charge on any atom is 0.306 e. The summed E-state index contributed by atoms with van der Waals surface area (Å²) >= 11 is 0. The van der Waals surface area contributed by atoms with Crippen LogP contribution in [0.3, 0.4) is 0 Å². The van der Waals surface area contributed by atoms with Crippen molar-refractivity contribution in [1.82, 2.24) is 14.9 Å². The maximum absolute atomic E-state index is 11.6. The molecule has 0 amide bonds. The standard InChI is InChI=1S/C14H22N4O3/c1-3-11-15-12(10-13(19)16-11)18-8-6-17(7-9-18)5-4-14(20)21-2/h10H,3-9H2,1-2H3,(H,15,16,19). The SMILES string of the molecule is CCc1nc(N2CCN(CCC(=O)OC)CC2)cc(=O)[nH]1. The van der Waals surface area contributed by atoms with Gasteiger partial charge < -0.3 is 14.6 Å². The number of ether oxygens (including phenoxy) is 1. The molecule has 1 saturated heterocycles. The molecule has 1 aliphatic heterocycles. The number of anilines is 1. The molecule has 7 heteroatoms. The zero-order valence-corrected chi connectivity index (χ0v) is 12.6. The van der Waals surface area contributed by atoms with Gasteiger partial charge in [0, 0.05) is 45.2 Å². The smallest absolute Gasteiger partial charge is 0.306 e. The fraction of sp³-hybridized carbons (Fsp3) is 0.643. The zero-order valence-electron chi connectivity index (χ0n) is 12.6. The number of nitrogens with one attached hydrogen (secondary N) is 1.